The van der Waals surface area contributed by atoms with E-state index in [1.807, 2.05) is 0 Å². The van der Waals surface area contributed by atoms with Crippen molar-refractivity contribution in [3.8, 4) is 0 Å². The van der Waals surface area contributed by atoms with Crippen LogP contribution in [0.4, 0.5) is 5.69 Å². The van der Waals surface area contributed by atoms with Crippen molar-refractivity contribution in [1.29, 1.82) is 0 Å². The number of hydrogen-bond donors (Lipinski definition) is 1. The van der Waals surface area contributed by atoms with E-state index in [9.17, 15) is 4.21 Å². The van der Waals surface area contributed by atoms with Crippen LogP contribution in [0.1, 0.15) is 18.4 Å². The normalized spacial score (nSPS) is 19.1. The van der Waals surface area contributed by atoms with Crippen LogP contribution in [0.3, 0.4) is 0 Å². The Morgan fingerprint density at radius 2 is 2.12 bits per heavy atom. The van der Waals surface area contributed by atoms with E-state index in [1.54, 1.807) is 18.2 Å². The van der Waals surface area contributed by atoms with Crippen molar-refractivity contribution < 1.29 is 8.95 Å². The Bertz CT molecular complexity index is 399. The lowest BCUT2D eigenvalue weighted by Crippen LogP contribution is -2.25. The molecule has 0 bridgehead atoms. The van der Waals surface area contributed by atoms with Crippen LogP contribution in [0.25, 0.3) is 0 Å². The zero-order chi connectivity index (χ0) is 12.3. The quantitative estimate of drug-likeness (QED) is 0.860. The number of hydrogen-bond acceptors (Lipinski definition) is 3. The van der Waals surface area contributed by atoms with Gasteiger partial charge >= 0.3 is 0 Å². The van der Waals surface area contributed by atoms with Crippen molar-refractivity contribution in [3.05, 3.63) is 28.8 Å². The highest BCUT2D eigenvalue weighted by atomic mass is 35.5. The van der Waals surface area contributed by atoms with Crippen LogP contribution >= 0.6 is 11.6 Å². The van der Waals surface area contributed by atoms with Gasteiger partial charge in [0.05, 0.1) is 5.75 Å². The van der Waals surface area contributed by atoms with Crippen LogP contribution in [-0.2, 0) is 21.3 Å². The number of ether oxygens (including phenoxy) is 1. The Hall–Kier alpha value is -0.580. The average Bonchev–Trinajstić information content (AvgIpc) is 2.35. The van der Waals surface area contributed by atoms with Gasteiger partial charge in [0.15, 0.2) is 0 Å². The lowest BCUT2D eigenvalue weighted by molar-refractivity contribution is 0.0992. The summed E-state index contributed by atoms with van der Waals surface area (Å²) in [6.07, 6.45) is 1.72. The van der Waals surface area contributed by atoms with Crippen molar-refractivity contribution in [2.24, 2.45) is 0 Å². The van der Waals surface area contributed by atoms with Gasteiger partial charge in [-0.3, -0.25) is 4.21 Å². The number of benzene rings is 1. The van der Waals surface area contributed by atoms with Gasteiger partial charge in [-0.05, 0) is 25.0 Å². The summed E-state index contributed by atoms with van der Waals surface area (Å²) in [7, 11) is -0.922. The molecular formula is C12H16ClNO2S. The van der Waals surface area contributed by atoms with Gasteiger partial charge in [0.2, 0.25) is 0 Å². The third kappa shape index (κ3) is 3.21. The van der Waals surface area contributed by atoms with Crippen LogP contribution in [0.5, 0.6) is 0 Å². The molecule has 94 valence electrons. The van der Waals surface area contributed by atoms with Gasteiger partial charge in [-0.15, -0.1) is 0 Å². The maximum atomic E-state index is 12.2. The van der Waals surface area contributed by atoms with Gasteiger partial charge in [0, 0.05) is 45.5 Å². The molecule has 1 aromatic rings. The molecule has 1 fully saturated rings. The molecule has 2 N–H and O–H groups in total. The smallest absolute Gasteiger partial charge is 0.0523 e. The molecule has 1 saturated heterocycles. The molecule has 17 heavy (non-hydrogen) atoms. The van der Waals surface area contributed by atoms with E-state index in [2.05, 4.69) is 0 Å². The molecule has 0 aromatic heterocycles. The molecule has 0 aliphatic carbocycles. The second-order valence-electron chi connectivity index (χ2n) is 4.14. The third-order valence-electron chi connectivity index (χ3n) is 2.98. The fourth-order valence-corrected chi connectivity index (χ4v) is 3.82. The van der Waals surface area contributed by atoms with Crippen LogP contribution in [0, 0.1) is 0 Å². The monoisotopic (exact) mass is 273 g/mol. The van der Waals surface area contributed by atoms with E-state index in [-0.39, 0.29) is 5.25 Å². The van der Waals surface area contributed by atoms with Crippen LogP contribution < -0.4 is 5.73 Å². The summed E-state index contributed by atoms with van der Waals surface area (Å²) in [4.78, 5) is 0. The highest BCUT2D eigenvalue weighted by Gasteiger charge is 2.21. The summed E-state index contributed by atoms with van der Waals surface area (Å²) in [5.74, 6) is 0.441. The Labute approximate surface area is 109 Å². The molecule has 0 saturated carbocycles. The van der Waals surface area contributed by atoms with Crippen molar-refractivity contribution in [2.45, 2.75) is 23.8 Å². The highest BCUT2D eigenvalue weighted by molar-refractivity contribution is 7.84. The second-order valence-corrected chi connectivity index (χ2v) is 6.27. The van der Waals surface area contributed by atoms with Gasteiger partial charge in [-0.25, -0.2) is 0 Å². The second kappa shape index (κ2) is 5.85. The fraction of sp³-hybridized carbons (Fsp3) is 0.500. The molecule has 0 radical (unpaired) electrons. The number of nitrogens with two attached hydrogens (primary N) is 1. The molecule has 0 amide bonds. The summed E-state index contributed by atoms with van der Waals surface area (Å²) in [6.45, 7) is 1.41. The number of rotatable bonds is 3. The van der Waals surface area contributed by atoms with Gasteiger partial charge in [0.25, 0.3) is 0 Å². The molecule has 2 rings (SSSR count). The van der Waals surface area contributed by atoms with E-state index in [0.29, 0.717) is 29.7 Å². The van der Waals surface area contributed by atoms with Crippen molar-refractivity contribution in [3.63, 3.8) is 0 Å². The van der Waals surface area contributed by atoms with Crippen LogP contribution in [0.15, 0.2) is 18.2 Å². The molecule has 0 spiro atoms. The van der Waals surface area contributed by atoms with Gasteiger partial charge < -0.3 is 10.5 Å². The first-order valence-corrected chi connectivity index (χ1v) is 7.42. The molecule has 1 unspecified atom stereocenters. The largest absolute Gasteiger partial charge is 0.398 e. The number of halogens is 1. The van der Waals surface area contributed by atoms with E-state index in [4.69, 9.17) is 22.1 Å². The minimum absolute atomic E-state index is 0.208. The van der Waals surface area contributed by atoms with Gasteiger partial charge in [-0.2, -0.15) is 0 Å². The topological polar surface area (TPSA) is 52.3 Å². The van der Waals surface area contributed by atoms with Crippen molar-refractivity contribution >= 4 is 28.1 Å². The highest BCUT2D eigenvalue weighted by Crippen LogP contribution is 2.25. The molecule has 1 aromatic carbocycles. The maximum Gasteiger partial charge on any atom is 0.0523 e. The minimum atomic E-state index is -0.922. The maximum absolute atomic E-state index is 12.2. The predicted octanol–water partition coefficient (Wildman–Crippen LogP) is 2.35. The van der Waals surface area contributed by atoms with Crippen LogP contribution in [-0.4, -0.2) is 22.7 Å². The lowest BCUT2D eigenvalue weighted by atomic mass is 10.2. The summed E-state index contributed by atoms with van der Waals surface area (Å²) >= 11 is 6.07. The van der Waals surface area contributed by atoms with Gasteiger partial charge in [-0.1, -0.05) is 17.7 Å². The molecule has 1 heterocycles. The SMILES string of the molecule is Nc1cccc(Cl)c1CS(=O)C1CCOCC1. The number of nitrogen functional groups attached to an aromatic ring is 1. The fourth-order valence-electron chi connectivity index (χ4n) is 1.93. The van der Waals surface area contributed by atoms with E-state index < -0.39 is 10.8 Å². The number of anilines is 1. The molecule has 3 nitrogen and oxygen atoms in total. The Morgan fingerprint density at radius 1 is 1.41 bits per heavy atom. The molecular weight excluding hydrogens is 258 g/mol. The first kappa shape index (κ1) is 12.9. The predicted molar refractivity (Wildman–Crippen MR) is 71.6 cm³/mol. The Morgan fingerprint density at radius 3 is 2.76 bits per heavy atom. The zero-order valence-electron chi connectivity index (χ0n) is 9.52. The molecule has 1 aliphatic rings. The van der Waals surface area contributed by atoms with Gasteiger partial charge in [0.1, 0.15) is 0 Å². The standard InChI is InChI=1S/C12H16ClNO2S/c13-11-2-1-3-12(14)10(11)8-17(15)9-4-6-16-7-5-9/h1-3,9H,4-8,14H2. The lowest BCUT2D eigenvalue weighted by Gasteiger charge is -2.21. The Balaban J connectivity index is 2.07. The molecule has 1 atom stereocenters. The minimum Gasteiger partial charge on any atom is -0.398 e. The first-order chi connectivity index (χ1) is 8.18. The van der Waals surface area contributed by atoms with E-state index in [1.165, 1.54) is 0 Å². The summed E-state index contributed by atoms with van der Waals surface area (Å²) in [5, 5.41) is 0.810. The summed E-state index contributed by atoms with van der Waals surface area (Å²) < 4.78 is 17.5. The third-order valence-corrected chi connectivity index (χ3v) is 5.12. The first-order valence-electron chi connectivity index (χ1n) is 5.66. The molecule has 1 aliphatic heterocycles. The van der Waals surface area contributed by atoms with E-state index >= 15 is 0 Å². The average molecular weight is 274 g/mol. The summed E-state index contributed by atoms with van der Waals surface area (Å²) in [5.41, 5.74) is 7.28. The van der Waals surface area contributed by atoms with Crippen molar-refractivity contribution in [1.82, 2.24) is 0 Å². The van der Waals surface area contributed by atoms with Crippen LogP contribution in [0.2, 0.25) is 5.02 Å². The summed E-state index contributed by atoms with van der Waals surface area (Å²) in [6, 6.07) is 5.38. The molecule has 5 heteroatoms. The zero-order valence-corrected chi connectivity index (χ0v) is 11.1. The van der Waals surface area contributed by atoms with E-state index in [0.717, 1.165) is 18.4 Å². The van der Waals surface area contributed by atoms with Crippen molar-refractivity contribution in [2.75, 3.05) is 18.9 Å². The Kier molecular flexibility index (Phi) is 4.42.